The number of rotatable bonds is 6. The third-order valence-electron chi connectivity index (χ3n) is 3.56. The van der Waals surface area contributed by atoms with Gasteiger partial charge in [0.25, 0.3) is 0 Å². The summed E-state index contributed by atoms with van der Waals surface area (Å²) >= 11 is 0. The van der Waals surface area contributed by atoms with Crippen molar-refractivity contribution in [3.05, 3.63) is 71.4 Å². The Morgan fingerprint density at radius 2 is 1.91 bits per heavy atom. The van der Waals surface area contributed by atoms with Gasteiger partial charge in [-0.25, -0.2) is 4.79 Å². The minimum Gasteiger partial charge on any atom is -0.314 e. The standard InChI is InChI=1S/C20H24N2O/c1-3-4-7-17-9-11-19(12-10-17)22-20(23)21-14-13-18-8-5-6-16(2)15-18/h5-6,8-15H,3-4,7H2,1-2H3,(H2,21,22,23)/b14-13+. The molecule has 0 heterocycles. The molecule has 0 bridgehead atoms. The number of urea groups is 1. The maximum Gasteiger partial charge on any atom is 0.323 e. The average Bonchev–Trinajstić information content (AvgIpc) is 2.54. The van der Waals surface area contributed by atoms with Crippen LogP contribution in [0.4, 0.5) is 10.5 Å². The molecule has 2 aromatic carbocycles. The molecule has 120 valence electrons. The van der Waals surface area contributed by atoms with Gasteiger partial charge in [0.2, 0.25) is 0 Å². The monoisotopic (exact) mass is 308 g/mol. The summed E-state index contributed by atoms with van der Waals surface area (Å²) in [4.78, 5) is 11.9. The van der Waals surface area contributed by atoms with Crippen molar-refractivity contribution in [2.24, 2.45) is 0 Å². The van der Waals surface area contributed by atoms with E-state index in [-0.39, 0.29) is 6.03 Å². The van der Waals surface area contributed by atoms with Crippen LogP contribution in [0.5, 0.6) is 0 Å². The largest absolute Gasteiger partial charge is 0.323 e. The SMILES string of the molecule is CCCCc1ccc(NC(=O)N/C=C/c2cccc(C)c2)cc1. The van der Waals surface area contributed by atoms with Gasteiger partial charge in [-0.2, -0.15) is 0 Å². The van der Waals surface area contributed by atoms with Crippen molar-refractivity contribution in [2.45, 2.75) is 33.1 Å². The minimum absolute atomic E-state index is 0.241. The van der Waals surface area contributed by atoms with Gasteiger partial charge in [-0.3, -0.25) is 0 Å². The first-order chi connectivity index (χ1) is 11.2. The Hall–Kier alpha value is -2.55. The molecule has 3 nitrogen and oxygen atoms in total. The average molecular weight is 308 g/mol. The molecule has 0 fully saturated rings. The van der Waals surface area contributed by atoms with Gasteiger partial charge in [-0.05, 0) is 49.1 Å². The zero-order valence-electron chi connectivity index (χ0n) is 13.8. The minimum atomic E-state index is -0.241. The molecule has 2 N–H and O–H groups in total. The number of benzene rings is 2. The van der Waals surface area contributed by atoms with Crippen molar-refractivity contribution in [3.63, 3.8) is 0 Å². The molecule has 0 saturated carbocycles. The number of amides is 2. The Morgan fingerprint density at radius 1 is 1.13 bits per heavy atom. The van der Waals surface area contributed by atoms with E-state index >= 15 is 0 Å². The Labute approximate surface area is 138 Å². The lowest BCUT2D eigenvalue weighted by Crippen LogP contribution is -2.23. The van der Waals surface area contributed by atoms with E-state index in [9.17, 15) is 4.79 Å². The fraction of sp³-hybridized carbons (Fsp3) is 0.250. The highest BCUT2D eigenvalue weighted by Crippen LogP contribution is 2.11. The summed E-state index contributed by atoms with van der Waals surface area (Å²) < 4.78 is 0. The van der Waals surface area contributed by atoms with Crippen LogP contribution in [-0.4, -0.2) is 6.03 Å². The van der Waals surface area contributed by atoms with E-state index in [4.69, 9.17) is 0 Å². The van der Waals surface area contributed by atoms with E-state index < -0.39 is 0 Å². The van der Waals surface area contributed by atoms with E-state index in [2.05, 4.69) is 35.8 Å². The van der Waals surface area contributed by atoms with Gasteiger partial charge < -0.3 is 10.6 Å². The molecule has 3 heteroatoms. The first kappa shape index (κ1) is 16.8. The van der Waals surface area contributed by atoms with Crippen LogP contribution in [0.15, 0.2) is 54.7 Å². The highest BCUT2D eigenvalue weighted by molar-refractivity contribution is 5.90. The number of carbonyl (C=O) groups excluding carboxylic acids is 1. The number of nitrogens with one attached hydrogen (secondary N) is 2. The van der Waals surface area contributed by atoms with Gasteiger partial charge in [-0.15, -0.1) is 0 Å². The summed E-state index contributed by atoms with van der Waals surface area (Å²) in [5.74, 6) is 0. The first-order valence-electron chi connectivity index (χ1n) is 8.07. The molecular formula is C20H24N2O. The number of aryl methyl sites for hydroxylation is 2. The molecule has 0 aliphatic carbocycles. The van der Waals surface area contributed by atoms with Crippen LogP contribution < -0.4 is 10.6 Å². The van der Waals surface area contributed by atoms with Crippen molar-refractivity contribution in [3.8, 4) is 0 Å². The van der Waals surface area contributed by atoms with Crippen molar-refractivity contribution >= 4 is 17.8 Å². The lowest BCUT2D eigenvalue weighted by Gasteiger charge is -2.06. The van der Waals surface area contributed by atoms with Gasteiger partial charge >= 0.3 is 6.03 Å². The lowest BCUT2D eigenvalue weighted by atomic mass is 10.1. The molecule has 0 aliphatic rings. The zero-order chi connectivity index (χ0) is 16.5. The van der Waals surface area contributed by atoms with Crippen molar-refractivity contribution in [1.29, 1.82) is 0 Å². The molecule has 2 amide bonds. The van der Waals surface area contributed by atoms with Crippen molar-refractivity contribution in [1.82, 2.24) is 5.32 Å². The summed E-state index contributed by atoms with van der Waals surface area (Å²) in [6.07, 6.45) is 7.00. The quantitative estimate of drug-likeness (QED) is 0.763. The third-order valence-corrected chi connectivity index (χ3v) is 3.56. The van der Waals surface area contributed by atoms with Crippen LogP contribution in [0.3, 0.4) is 0 Å². The van der Waals surface area contributed by atoms with E-state index in [1.165, 1.54) is 24.0 Å². The van der Waals surface area contributed by atoms with Gasteiger partial charge in [0, 0.05) is 11.9 Å². The predicted octanol–water partition coefficient (Wildman–Crippen LogP) is 5.13. The maximum atomic E-state index is 11.9. The normalized spacial score (nSPS) is 10.7. The molecule has 0 unspecified atom stereocenters. The molecule has 0 radical (unpaired) electrons. The van der Waals surface area contributed by atoms with Crippen LogP contribution in [0.25, 0.3) is 6.08 Å². The van der Waals surface area contributed by atoms with E-state index in [0.29, 0.717) is 0 Å². The van der Waals surface area contributed by atoms with Gasteiger partial charge in [-0.1, -0.05) is 55.3 Å². The van der Waals surface area contributed by atoms with Crippen LogP contribution in [0, 0.1) is 6.92 Å². The fourth-order valence-electron chi connectivity index (χ4n) is 2.29. The molecule has 0 aliphatic heterocycles. The zero-order valence-corrected chi connectivity index (χ0v) is 13.8. The van der Waals surface area contributed by atoms with Crippen LogP contribution in [0.1, 0.15) is 36.5 Å². The second-order valence-electron chi connectivity index (χ2n) is 5.65. The van der Waals surface area contributed by atoms with Crippen molar-refractivity contribution < 1.29 is 4.79 Å². The van der Waals surface area contributed by atoms with Crippen LogP contribution in [-0.2, 0) is 6.42 Å². The molecule has 0 saturated heterocycles. The fourth-order valence-corrected chi connectivity index (χ4v) is 2.29. The summed E-state index contributed by atoms with van der Waals surface area (Å²) in [5.41, 5.74) is 4.36. The molecule has 0 spiro atoms. The second kappa shape index (κ2) is 8.79. The first-order valence-corrected chi connectivity index (χ1v) is 8.07. The summed E-state index contributed by atoms with van der Waals surface area (Å²) in [7, 11) is 0. The predicted molar refractivity (Wildman–Crippen MR) is 97.4 cm³/mol. The number of hydrogen-bond donors (Lipinski definition) is 2. The molecule has 2 rings (SSSR count). The number of hydrogen-bond acceptors (Lipinski definition) is 1. The number of unbranched alkanes of at least 4 members (excludes halogenated alkanes) is 1. The van der Waals surface area contributed by atoms with Crippen molar-refractivity contribution in [2.75, 3.05) is 5.32 Å². The van der Waals surface area contributed by atoms with Crippen LogP contribution in [0.2, 0.25) is 0 Å². The van der Waals surface area contributed by atoms with E-state index in [0.717, 1.165) is 17.7 Å². The summed E-state index contributed by atoms with van der Waals surface area (Å²) in [5, 5.41) is 5.54. The molecular weight excluding hydrogens is 284 g/mol. The highest BCUT2D eigenvalue weighted by Gasteiger charge is 1.99. The van der Waals surface area contributed by atoms with Gasteiger partial charge in [0.05, 0.1) is 0 Å². The number of carbonyl (C=O) groups is 1. The molecule has 2 aromatic rings. The second-order valence-corrected chi connectivity index (χ2v) is 5.65. The topological polar surface area (TPSA) is 41.1 Å². The van der Waals surface area contributed by atoms with Gasteiger partial charge in [0.1, 0.15) is 0 Å². The summed E-state index contributed by atoms with van der Waals surface area (Å²) in [6, 6.07) is 15.9. The van der Waals surface area contributed by atoms with E-state index in [1.54, 1.807) is 6.20 Å². The smallest absolute Gasteiger partial charge is 0.314 e. The Bertz CT molecular complexity index is 660. The van der Waals surface area contributed by atoms with Gasteiger partial charge in [0.15, 0.2) is 0 Å². The highest BCUT2D eigenvalue weighted by atomic mass is 16.2. The maximum absolute atomic E-state index is 11.9. The molecule has 0 aromatic heterocycles. The Kier molecular flexibility index (Phi) is 6.42. The lowest BCUT2D eigenvalue weighted by molar-refractivity contribution is 0.255. The molecule has 23 heavy (non-hydrogen) atoms. The summed E-state index contributed by atoms with van der Waals surface area (Å²) in [6.45, 7) is 4.23. The number of anilines is 1. The Balaban J connectivity index is 1.82. The van der Waals surface area contributed by atoms with Crippen LogP contribution >= 0.6 is 0 Å². The van der Waals surface area contributed by atoms with E-state index in [1.807, 2.05) is 43.3 Å². The Morgan fingerprint density at radius 3 is 2.61 bits per heavy atom. The molecule has 0 atom stereocenters. The third kappa shape index (κ3) is 5.99.